The second kappa shape index (κ2) is 5.92. The van der Waals surface area contributed by atoms with Crippen LogP contribution in [0.3, 0.4) is 0 Å². The lowest BCUT2D eigenvalue weighted by atomic mass is 10.2. The number of anilines is 1. The Morgan fingerprint density at radius 1 is 1.10 bits per heavy atom. The van der Waals surface area contributed by atoms with Gasteiger partial charge in [0.15, 0.2) is 11.6 Å². The fraction of sp³-hybridized carbons (Fsp3) is 0. The molecule has 0 bridgehead atoms. The maximum absolute atomic E-state index is 12.9. The van der Waals surface area contributed by atoms with Gasteiger partial charge in [-0.1, -0.05) is 6.07 Å². The number of halogens is 2. The third-order valence-corrected chi connectivity index (χ3v) is 2.50. The van der Waals surface area contributed by atoms with Gasteiger partial charge in [0.2, 0.25) is 0 Å². The number of hydrogen-bond donors (Lipinski definition) is 2. The largest absolute Gasteiger partial charge is 0.399 e. The average molecular weight is 275 g/mol. The number of nitrogens with zero attached hydrogens (tertiary/aromatic N) is 1. The molecule has 2 aromatic carbocycles. The van der Waals surface area contributed by atoms with Crippen molar-refractivity contribution < 1.29 is 13.6 Å². The standard InChI is InChI=1S/C14H11F2N3O/c15-12-6-1-9(7-13(12)16)8-18-19-14(20)10-2-4-11(17)5-3-10/h1-8H,17H2,(H,19,20)/b18-8+. The molecular formula is C14H11F2N3O. The molecule has 2 rings (SSSR count). The summed E-state index contributed by atoms with van der Waals surface area (Å²) in [7, 11) is 0. The Labute approximate surface area is 113 Å². The molecule has 0 atom stereocenters. The van der Waals surface area contributed by atoms with E-state index in [1.165, 1.54) is 12.3 Å². The summed E-state index contributed by atoms with van der Waals surface area (Å²) in [6.45, 7) is 0. The number of carbonyl (C=O) groups is 1. The van der Waals surface area contributed by atoms with Gasteiger partial charge in [-0.05, 0) is 42.0 Å². The Balaban J connectivity index is 2.00. The van der Waals surface area contributed by atoms with Crippen molar-refractivity contribution in [2.45, 2.75) is 0 Å². The fourth-order valence-electron chi connectivity index (χ4n) is 1.46. The third-order valence-electron chi connectivity index (χ3n) is 2.50. The minimum Gasteiger partial charge on any atom is -0.399 e. The van der Waals surface area contributed by atoms with Crippen LogP contribution in [-0.4, -0.2) is 12.1 Å². The van der Waals surface area contributed by atoms with Gasteiger partial charge in [0.1, 0.15) is 0 Å². The van der Waals surface area contributed by atoms with Gasteiger partial charge in [-0.2, -0.15) is 5.10 Å². The fourth-order valence-corrected chi connectivity index (χ4v) is 1.46. The maximum atomic E-state index is 12.9. The number of nitrogens with two attached hydrogens (primary N) is 1. The first-order chi connectivity index (χ1) is 9.56. The van der Waals surface area contributed by atoms with Crippen LogP contribution < -0.4 is 11.2 Å². The number of nitrogens with one attached hydrogen (secondary N) is 1. The molecule has 3 N–H and O–H groups in total. The molecule has 0 radical (unpaired) electrons. The summed E-state index contributed by atoms with van der Waals surface area (Å²) in [6, 6.07) is 9.60. The van der Waals surface area contributed by atoms with Gasteiger partial charge in [-0.25, -0.2) is 14.2 Å². The zero-order chi connectivity index (χ0) is 14.5. The predicted molar refractivity (Wildman–Crippen MR) is 72.3 cm³/mol. The molecule has 1 amide bonds. The molecule has 0 aliphatic heterocycles. The Hall–Kier alpha value is -2.76. The Bertz CT molecular complexity index is 654. The van der Waals surface area contributed by atoms with Crippen molar-refractivity contribution in [2.75, 3.05) is 5.73 Å². The third kappa shape index (κ3) is 3.38. The highest BCUT2D eigenvalue weighted by Gasteiger charge is 2.03. The van der Waals surface area contributed by atoms with Gasteiger partial charge in [0.25, 0.3) is 5.91 Å². The van der Waals surface area contributed by atoms with Crippen LogP contribution in [0.2, 0.25) is 0 Å². The van der Waals surface area contributed by atoms with Gasteiger partial charge in [-0.15, -0.1) is 0 Å². The van der Waals surface area contributed by atoms with E-state index in [1.807, 2.05) is 0 Å². The molecule has 0 heterocycles. The van der Waals surface area contributed by atoms with Crippen LogP contribution in [0.1, 0.15) is 15.9 Å². The maximum Gasteiger partial charge on any atom is 0.271 e. The first-order valence-corrected chi connectivity index (χ1v) is 5.70. The van der Waals surface area contributed by atoms with Crippen molar-refractivity contribution >= 4 is 17.8 Å². The van der Waals surface area contributed by atoms with E-state index in [4.69, 9.17) is 5.73 Å². The molecule has 2 aromatic rings. The van der Waals surface area contributed by atoms with Crippen molar-refractivity contribution in [3.63, 3.8) is 0 Å². The Morgan fingerprint density at radius 2 is 1.80 bits per heavy atom. The van der Waals surface area contributed by atoms with Crippen LogP contribution in [0.15, 0.2) is 47.6 Å². The molecule has 0 saturated carbocycles. The van der Waals surface area contributed by atoms with Crippen LogP contribution >= 0.6 is 0 Å². The zero-order valence-electron chi connectivity index (χ0n) is 10.3. The first-order valence-electron chi connectivity index (χ1n) is 5.70. The van der Waals surface area contributed by atoms with Gasteiger partial charge >= 0.3 is 0 Å². The number of rotatable bonds is 3. The number of carbonyl (C=O) groups excluding carboxylic acids is 1. The summed E-state index contributed by atoms with van der Waals surface area (Å²) in [6.07, 6.45) is 1.22. The normalized spacial score (nSPS) is 10.7. The lowest BCUT2D eigenvalue weighted by molar-refractivity contribution is 0.0955. The van der Waals surface area contributed by atoms with E-state index in [2.05, 4.69) is 10.5 Å². The Kier molecular flexibility index (Phi) is 4.05. The van der Waals surface area contributed by atoms with Crippen molar-refractivity contribution in [1.29, 1.82) is 0 Å². The van der Waals surface area contributed by atoms with Crippen LogP contribution in [-0.2, 0) is 0 Å². The number of hydrogen-bond acceptors (Lipinski definition) is 3. The molecule has 0 unspecified atom stereocenters. The minimum absolute atomic E-state index is 0.335. The second-order valence-electron chi connectivity index (χ2n) is 3.99. The minimum atomic E-state index is -0.973. The molecule has 0 fully saturated rings. The quantitative estimate of drug-likeness (QED) is 0.513. The van der Waals surface area contributed by atoms with E-state index in [-0.39, 0.29) is 0 Å². The monoisotopic (exact) mass is 275 g/mol. The first kappa shape index (κ1) is 13.7. The topological polar surface area (TPSA) is 67.5 Å². The Morgan fingerprint density at radius 3 is 2.45 bits per heavy atom. The zero-order valence-corrected chi connectivity index (χ0v) is 10.3. The predicted octanol–water partition coefficient (Wildman–Crippen LogP) is 2.31. The van der Waals surface area contributed by atoms with Gasteiger partial charge in [-0.3, -0.25) is 4.79 Å². The molecule has 20 heavy (non-hydrogen) atoms. The van der Waals surface area contributed by atoms with Crippen molar-refractivity contribution in [3.05, 3.63) is 65.2 Å². The van der Waals surface area contributed by atoms with E-state index in [0.29, 0.717) is 16.8 Å². The number of nitrogen functional groups attached to an aromatic ring is 1. The summed E-state index contributed by atoms with van der Waals surface area (Å²) in [4.78, 5) is 11.7. The number of amides is 1. The van der Waals surface area contributed by atoms with Gasteiger partial charge in [0, 0.05) is 11.3 Å². The lowest BCUT2D eigenvalue weighted by Crippen LogP contribution is -2.17. The van der Waals surface area contributed by atoms with E-state index >= 15 is 0 Å². The van der Waals surface area contributed by atoms with Crippen LogP contribution in [0.4, 0.5) is 14.5 Å². The van der Waals surface area contributed by atoms with Crippen LogP contribution in [0, 0.1) is 11.6 Å². The summed E-state index contributed by atoms with van der Waals surface area (Å²) in [5.74, 6) is -2.34. The average Bonchev–Trinajstić information content (AvgIpc) is 2.43. The molecule has 0 aliphatic carbocycles. The molecule has 0 saturated heterocycles. The lowest BCUT2D eigenvalue weighted by Gasteiger charge is -2.00. The summed E-state index contributed by atoms with van der Waals surface area (Å²) in [5.41, 5.74) is 9.05. The molecule has 4 nitrogen and oxygen atoms in total. The highest BCUT2D eigenvalue weighted by Crippen LogP contribution is 2.07. The van der Waals surface area contributed by atoms with Crippen molar-refractivity contribution in [3.8, 4) is 0 Å². The summed E-state index contributed by atoms with van der Waals surface area (Å²) in [5, 5.41) is 3.67. The highest BCUT2D eigenvalue weighted by molar-refractivity contribution is 5.95. The van der Waals surface area contributed by atoms with Gasteiger partial charge in [0.05, 0.1) is 6.21 Å². The summed E-state index contributed by atoms with van der Waals surface area (Å²) >= 11 is 0. The van der Waals surface area contributed by atoms with Crippen molar-refractivity contribution in [2.24, 2.45) is 5.10 Å². The van der Waals surface area contributed by atoms with Crippen molar-refractivity contribution in [1.82, 2.24) is 5.43 Å². The molecule has 102 valence electrons. The van der Waals surface area contributed by atoms with E-state index in [1.54, 1.807) is 24.3 Å². The van der Waals surface area contributed by atoms with Crippen LogP contribution in [0.25, 0.3) is 0 Å². The SMILES string of the molecule is Nc1ccc(C(=O)N/N=C/c2ccc(F)c(F)c2)cc1. The molecule has 0 spiro atoms. The smallest absolute Gasteiger partial charge is 0.271 e. The van der Waals surface area contributed by atoms with Gasteiger partial charge < -0.3 is 5.73 Å². The second-order valence-corrected chi connectivity index (χ2v) is 3.99. The molecule has 0 aliphatic rings. The van der Waals surface area contributed by atoms with Crippen LogP contribution in [0.5, 0.6) is 0 Å². The summed E-state index contributed by atoms with van der Waals surface area (Å²) < 4.78 is 25.6. The number of benzene rings is 2. The number of hydrazone groups is 1. The van der Waals surface area contributed by atoms with E-state index < -0.39 is 17.5 Å². The highest BCUT2D eigenvalue weighted by atomic mass is 19.2. The van der Waals surface area contributed by atoms with E-state index in [9.17, 15) is 13.6 Å². The molecule has 6 heteroatoms. The molecular weight excluding hydrogens is 264 g/mol. The van der Waals surface area contributed by atoms with E-state index in [0.717, 1.165) is 12.1 Å². The molecule has 0 aromatic heterocycles.